The first-order chi connectivity index (χ1) is 5.57. The normalized spacial score (nSPS) is 49.2. The lowest BCUT2D eigenvalue weighted by atomic mass is 9.87. The summed E-state index contributed by atoms with van der Waals surface area (Å²) >= 11 is 0. The van der Waals surface area contributed by atoms with Crippen molar-refractivity contribution in [2.24, 2.45) is 0 Å². The Morgan fingerprint density at radius 3 is 1.75 bits per heavy atom. The van der Waals surface area contributed by atoms with Crippen LogP contribution >= 0.6 is 0 Å². The van der Waals surface area contributed by atoms with Crippen LogP contribution in [0.5, 0.6) is 0 Å². The van der Waals surface area contributed by atoms with Gasteiger partial charge in [0.1, 0.15) is 18.3 Å². The van der Waals surface area contributed by atoms with E-state index in [-0.39, 0.29) is 6.42 Å². The molecule has 0 heterocycles. The molecular formula is C7H14O5. The van der Waals surface area contributed by atoms with E-state index < -0.39 is 30.5 Å². The Morgan fingerprint density at radius 2 is 1.42 bits per heavy atom. The molecule has 12 heavy (non-hydrogen) atoms. The smallest absolute Gasteiger partial charge is 0.114 e. The highest BCUT2D eigenvalue weighted by molar-refractivity contribution is 4.93. The molecule has 4 atom stereocenters. The molecule has 0 aromatic carbocycles. The van der Waals surface area contributed by atoms with E-state index in [1.54, 1.807) is 0 Å². The van der Waals surface area contributed by atoms with Crippen LogP contribution in [0.2, 0.25) is 0 Å². The van der Waals surface area contributed by atoms with Crippen molar-refractivity contribution < 1.29 is 25.2 Å². The Morgan fingerprint density at radius 1 is 1.00 bits per heavy atom. The molecule has 0 aliphatic heterocycles. The number of aliphatic hydroxyl groups is 4. The summed E-state index contributed by atoms with van der Waals surface area (Å²) in [6.07, 6.45) is -5.27. The molecule has 72 valence electrons. The molecule has 5 heteroatoms. The Kier molecular flexibility index (Phi) is 3.03. The van der Waals surface area contributed by atoms with Crippen LogP contribution in [0.4, 0.5) is 0 Å². The number of rotatable bonds is 1. The molecular weight excluding hydrogens is 164 g/mol. The van der Waals surface area contributed by atoms with Gasteiger partial charge in [-0.2, -0.15) is 0 Å². The van der Waals surface area contributed by atoms with E-state index in [0.29, 0.717) is 0 Å². The molecule has 0 saturated heterocycles. The maximum atomic E-state index is 9.28. The van der Waals surface area contributed by atoms with Crippen molar-refractivity contribution in [2.75, 3.05) is 7.11 Å². The van der Waals surface area contributed by atoms with Crippen LogP contribution in [-0.4, -0.2) is 58.1 Å². The molecule has 1 fully saturated rings. The van der Waals surface area contributed by atoms with Crippen LogP contribution in [0, 0.1) is 0 Å². The van der Waals surface area contributed by atoms with E-state index in [4.69, 9.17) is 14.9 Å². The lowest BCUT2D eigenvalue weighted by Gasteiger charge is -2.37. The van der Waals surface area contributed by atoms with Crippen molar-refractivity contribution in [1.82, 2.24) is 0 Å². The lowest BCUT2D eigenvalue weighted by Crippen LogP contribution is -2.56. The number of hydrogen-bond acceptors (Lipinski definition) is 5. The van der Waals surface area contributed by atoms with Crippen molar-refractivity contribution in [3.05, 3.63) is 0 Å². The molecule has 0 aromatic heterocycles. The van der Waals surface area contributed by atoms with Crippen molar-refractivity contribution in [3.8, 4) is 0 Å². The largest absolute Gasteiger partial charge is 0.390 e. The van der Waals surface area contributed by atoms with Gasteiger partial charge in [-0.25, -0.2) is 0 Å². The fourth-order valence-corrected chi connectivity index (χ4v) is 1.45. The topological polar surface area (TPSA) is 90.2 Å². The highest BCUT2D eigenvalue weighted by Gasteiger charge is 2.42. The Bertz CT molecular complexity index is 137. The third-order valence-electron chi connectivity index (χ3n) is 2.22. The van der Waals surface area contributed by atoms with E-state index in [1.165, 1.54) is 7.11 Å². The molecule has 0 aromatic rings. The summed E-state index contributed by atoms with van der Waals surface area (Å²) in [4.78, 5) is 0. The van der Waals surface area contributed by atoms with Crippen LogP contribution < -0.4 is 0 Å². The summed E-state index contributed by atoms with van der Waals surface area (Å²) in [5, 5.41) is 36.9. The van der Waals surface area contributed by atoms with Crippen LogP contribution in [-0.2, 0) is 4.74 Å². The predicted octanol–water partition coefficient (Wildman–Crippen LogP) is -2.15. The van der Waals surface area contributed by atoms with E-state index >= 15 is 0 Å². The standard InChI is InChI=1S/C7H14O5/c1-12-7-5(10)3(8)2-4(9)6(7)11/h3-11H,2H2,1H3. The van der Waals surface area contributed by atoms with Gasteiger partial charge in [0.05, 0.1) is 12.2 Å². The first kappa shape index (κ1) is 9.88. The Balaban J connectivity index is 2.67. The summed E-state index contributed by atoms with van der Waals surface area (Å²) in [7, 11) is 1.31. The Labute approximate surface area is 70.2 Å². The maximum absolute atomic E-state index is 9.28. The molecule has 4 N–H and O–H groups in total. The molecule has 1 aliphatic carbocycles. The second-order valence-corrected chi connectivity index (χ2v) is 3.05. The summed E-state index contributed by atoms with van der Waals surface area (Å²) in [6.45, 7) is 0. The Hall–Kier alpha value is -0.200. The monoisotopic (exact) mass is 178 g/mol. The van der Waals surface area contributed by atoms with Crippen LogP contribution in [0.15, 0.2) is 0 Å². The van der Waals surface area contributed by atoms with E-state index in [1.807, 2.05) is 0 Å². The SMILES string of the molecule is COC1C(O)C(O)CC(O)C1O. The average molecular weight is 178 g/mol. The molecule has 1 rings (SSSR count). The summed E-state index contributed by atoms with van der Waals surface area (Å²) in [5.74, 6) is 0. The zero-order valence-corrected chi connectivity index (χ0v) is 6.79. The van der Waals surface area contributed by atoms with Gasteiger partial charge in [-0.05, 0) is 0 Å². The van der Waals surface area contributed by atoms with Gasteiger partial charge >= 0.3 is 0 Å². The third kappa shape index (κ3) is 1.60. The number of ether oxygens (including phenoxy) is 1. The minimum Gasteiger partial charge on any atom is -0.390 e. The van der Waals surface area contributed by atoms with Crippen molar-refractivity contribution >= 4 is 0 Å². The number of aliphatic hydroxyl groups excluding tert-OH is 4. The van der Waals surface area contributed by atoms with Gasteiger partial charge in [0.2, 0.25) is 0 Å². The zero-order valence-electron chi connectivity index (χ0n) is 6.79. The molecule has 0 bridgehead atoms. The second kappa shape index (κ2) is 3.68. The van der Waals surface area contributed by atoms with E-state index in [0.717, 1.165) is 0 Å². The third-order valence-corrected chi connectivity index (χ3v) is 2.22. The second-order valence-electron chi connectivity index (χ2n) is 3.05. The summed E-state index contributed by atoms with van der Waals surface area (Å²) < 4.78 is 4.74. The molecule has 1 saturated carbocycles. The summed E-state index contributed by atoms with van der Waals surface area (Å²) in [5.41, 5.74) is 0. The van der Waals surface area contributed by atoms with Crippen molar-refractivity contribution in [3.63, 3.8) is 0 Å². The zero-order chi connectivity index (χ0) is 9.30. The van der Waals surface area contributed by atoms with Gasteiger partial charge in [0, 0.05) is 13.5 Å². The van der Waals surface area contributed by atoms with Gasteiger partial charge < -0.3 is 25.2 Å². The fourth-order valence-electron chi connectivity index (χ4n) is 1.45. The fraction of sp³-hybridized carbons (Fsp3) is 1.00. The number of hydrogen-bond donors (Lipinski definition) is 4. The van der Waals surface area contributed by atoms with Gasteiger partial charge in [0.25, 0.3) is 0 Å². The van der Waals surface area contributed by atoms with E-state index in [2.05, 4.69) is 0 Å². The van der Waals surface area contributed by atoms with Gasteiger partial charge in [-0.15, -0.1) is 0 Å². The average Bonchev–Trinajstić information content (AvgIpc) is 2.02. The summed E-state index contributed by atoms with van der Waals surface area (Å²) in [6, 6.07) is 0. The van der Waals surface area contributed by atoms with Crippen LogP contribution in [0.3, 0.4) is 0 Å². The molecule has 1 aliphatic rings. The number of methoxy groups -OCH3 is 1. The van der Waals surface area contributed by atoms with Gasteiger partial charge in [-0.1, -0.05) is 0 Å². The molecule has 0 spiro atoms. The maximum Gasteiger partial charge on any atom is 0.114 e. The lowest BCUT2D eigenvalue weighted by molar-refractivity contribution is -0.186. The first-order valence-electron chi connectivity index (χ1n) is 3.83. The van der Waals surface area contributed by atoms with Crippen LogP contribution in [0.1, 0.15) is 6.42 Å². The highest BCUT2D eigenvalue weighted by Crippen LogP contribution is 2.22. The van der Waals surface area contributed by atoms with Gasteiger partial charge in [0.15, 0.2) is 0 Å². The minimum atomic E-state index is -1.13. The quantitative estimate of drug-likeness (QED) is 0.367. The van der Waals surface area contributed by atoms with E-state index in [9.17, 15) is 10.2 Å². The first-order valence-corrected chi connectivity index (χ1v) is 3.83. The molecule has 0 radical (unpaired) electrons. The van der Waals surface area contributed by atoms with Crippen LogP contribution in [0.25, 0.3) is 0 Å². The molecule has 4 unspecified atom stereocenters. The van der Waals surface area contributed by atoms with Crippen molar-refractivity contribution in [2.45, 2.75) is 36.9 Å². The molecule has 0 amide bonds. The minimum absolute atomic E-state index is 0.0256. The van der Waals surface area contributed by atoms with Crippen molar-refractivity contribution in [1.29, 1.82) is 0 Å². The molecule has 5 nitrogen and oxygen atoms in total. The van der Waals surface area contributed by atoms with Gasteiger partial charge in [-0.3, -0.25) is 0 Å². The highest BCUT2D eigenvalue weighted by atomic mass is 16.5. The predicted molar refractivity (Wildman–Crippen MR) is 39.4 cm³/mol.